The van der Waals surface area contributed by atoms with E-state index in [0.717, 1.165) is 5.56 Å². The lowest BCUT2D eigenvalue weighted by Crippen LogP contribution is -2.05. The highest BCUT2D eigenvalue weighted by Crippen LogP contribution is 1.98. The van der Waals surface area contributed by atoms with Crippen LogP contribution in [0.5, 0.6) is 0 Å². The predicted octanol–water partition coefficient (Wildman–Crippen LogP) is -0.555. The maximum absolute atomic E-state index is 8.46. The fourth-order valence-electron chi connectivity index (χ4n) is 0.723. The van der Waals surface area contributed by atoms with Crippen molar-refractivity contribution in [3.8, 4) is 0 Å². The van der Waals surface area contributed by atoms with Crippen LogP contribution in [0.4, 0.5) is 0 Å². The second-order valence-corrected chi connectivity index (χ2v) is 2.22. The normalized spacial score (nSPS) is 10.8. The average Bonchev–Trinajstić information content (AvgIpc) is 2.31. The van der Waals surface area contributed by atoms with Crippen molar-refractivity contribution in [1.29, 1.82) is 0 Å². The third-order valence-corrected chi connectivity index (χ3v) is 1.19. The fourth-order valence-corrected chi connectivity index (χ4v) is 0.723. The summed E-state index contributed by atoms with van der Waals surface area (Å²) in [6.45, 7) is 0. The molecular formula is C6H9BN2O2. The largest absolute Gasteiger partial charge is 0.480 e. The number of aryl methyl sites for hydroxylation is 1. The number of rotatable bonds is 2. The number of hydrogen-bond acceptors (Lipinski definition) is 3. The van der Waals surface area contributed by atoms with Crippen molar-refractivity contribution in [3.05, 3.63) is 23.9 Å². The second kappa shape index (κ2) is 3.36. The van der Waals surface area contributed by atoms with Crippen molar-refractivity contribution < 1.29 is 10.0 Å². The number of aromatic nitrogens is 2. The van der Waals surface area contributed by atoms with E-state index in [4.69, 9.17) is 10.0 Å². The van der Waals surface area contributed by atoms with Crippen molar-refractivity contribution in [1.82, 2.24) is 9.78 Å². The molecule has 0 aliphatic heterocycles. The zero-order valence-corrected chi connectivity index (χ0v) is 6.18. The maximum atomic E-state index is 8.46. The van der Waals surface area contributed by atoms with Gasteiger partial charge in [-0.3, -0.25) is 4.68 Å². The van der Waals surface area contributed by atoms with Crippen LogP contribution in [0.1, 0.15) is 5.56 Å². The monoisotopic (exact) mass is 152 g/mol. The molecule has 0 saturated carbocycles. The highest BCUT2D eigenvalue weighted by Gasteiger charge is 1.98. The highest BCUT2D eigenvalue weighted by molar-refractivity contribution is 6.48. The summed E-state index contributed by atoms with van der Waals surface area (Å²) in [6, 6.07) is 0. The standard InChI is InChI=1S/C6H9BN2O2/c1-9-5-6(4-8-9)2-3-7(10)11/h2-5,10-11H,1H3/b3-2+. The first-order valence-electron chi connectivity index (χ1n) is 3.21. The van der Waals surface area contributed by atoms with Gasteiger partial charge < -0.3 is 10.0 Å². The summed E-state index contributed by atoms with van der Waals surface area (Å²) >= 11 is 0. The van der Waals surface area contributed by atoms with Crippen LogP contribution in [-0.4, -0.2) is 26.9 Å². The Morgan fingerprint density at radius 2 is 2.36 bits per heavy atom. The summed E-state index contributed by atoms with van der Waals surface area (Å²) in [5.41, 5.74) is 0.848. The molecule has 4 nitrogen and oxygen atoms in total. The summed E-state index contributed by atoms with van der Waals surface area (Å²) < 4.78 is 1.64. The van der Waals surface area contributed by atoms with Gasteiger partial charge in [-0.15, -0.1) is 0 Å². The molecule has 0 atom stereocenters. The Morgan fingerprint density at radius 3 is 2.82 bits per heavy atom. The lowest BCUT2D eigenvalue weighted by atomic mass is 9.91. The molecule has 5 heteroatoms. The third-order valence-electron chi connectivity index (χ3n) is 1.19. The highest BCUT2D eigenvalue weighted by atomic mass is 16.4. The molecule has 0 bridgehead atoms. The van der Waals surface area contributed by atoms with Gasteiger partial charge >= 0.3 is 7.12 Å². The molecular weight excluding hydrogens is 143 g/mol. The van der Waals surface area contributed by atoms with Crippen LogP contribution in [-0.2, 0) is 7.05 Å². The number of nitrogens with zero attached hydrogens (tertiary/aromatic N) is 2. The van der Waals surface area contributed by atoms with Gasteiger partial charge in [0.25, 0.3) is 0 Å². The molecule has 0 radical (unpaired) electrons. The van der Waals surface area contributed by atoms with Crippen molar-refractivity contribution in [2.45, 2.75) is 0 Å². The van der Waals surface area contributed by atoms with Gasteiger partial charge in [0, 0.05) is 18.8 Å². The van der Waals surface area contributed by atoms with Gasteiger partial charge in [-0.1, -0.05) is 12.1 Å². The van der Waals surface area contributed by atoms with E-state index in [0.29, 0.717) is 0 Å². The molecule has 0 unspecified atom stereocenters. The topological polar surface area (TPSA) is 58.3 Å². The summed E-state index contributed by atoms with van der Waals surface area (Å²) in [5.74, 6) is 1.27. The summed E-state index contributed by atoms with van der Waals surface area (Å²) in [6.07, 6.45) is 5.01. The summed E-state index contributed by atoms with van der Waals surface area (Å²) in [5, 5.41) is 20.8. The van der Waals surface area contributed by atoms with Crippen molar-refractivity contribution in [2.75, 3.05) is 0 Å². The molecule has 0 saturated heterocycles. The third kappa shape index (κ3) is 2.57. The first-order chi connectivity index (χ1) is 5.18. The van der Waals surface area contributed by atoms with Crippen LogP contribution in [0.3, 0.4) is 0 Å². The first-order valence-corrected chi connectivity index (χ1v) is 3.21. The van der Waals surface area contributed by atoms with Crippen LogP contribution in [0.2, 0.25) is 0 Å². The van der Waals surface area contributed by atoms with Gasteiger partial charge in [0.1, 0.15) is 0 Å². The molecule has 0 fully saturated rings. The second-order valence-electron chi connectivity index (χ2n) is 2.22. The molecule has 1 aromatic heterocycles. The van der Waals surface area contributed by atoms with E-state index < -0.39 is 7.12 Å². The van der Waals surface area contributed by atoms with Crippen molar-refractivity contribution in [3.63, 3.8) is 0 Å². The van der Waals surface area contributed by atoms with Crippen LogP contribution in [0, 0.1) is 0 Å². The number of hydrogen-bond donors (Lipinski definition) is 2. The van der Waals surface area contributed by atoms with Gasteiger partial charge in [0.05, 0.1) is 6.20 Å². The Bertz CT molecular complexity index is 257. The predicted molar refractivity (Wildman–Crippen MR) is 42.4 cm³/mol. The molecule has 1 rings (SSSR count). The van der Waals surface area contributed by atoms with Gasteiger partial charge in [0.15, 0.2) is 0 Å². The van der Waals surface area contributed by atoms with Crippen molar-refractivity contribution in [2.24, 2.45) is 7.05 Å². The Hall–Kier alpha value is -1.07. The molecule has 0 aliphatic carbocycles. The van der Waals surface area contributed by atoms with E-state index in [2.05, 4.69) is 5.10 Å². The van der Waals surface area contributed by atoms with Crippen LogP contribution >= 0.6 is 0 Å². The molecule has 0 aromatic carbocycles. The molecule has 0 spiro atoms. The van der Waals surface area contributed by atoms with E-state index in [1.54, 1.807) is 30.2 Å². The van der Waals surface area contributed by atoms with E-state index in [1.165, 1.54) is 5.98 Å². The molecule has 2 N–H and O–H groups in total. The van der Waals surface area contributed by atoms with Gasteiger partial charge in [-0.05, 0) is 0 Å². The zero-order chi connectivity index (χ0) is 8.27. The van der Waals surface area contributed by atoms with Gasteiger partial charge in [-0.25, -0.2) is 0 Å². The Balaban J connectivity index is 2.64. The minimum atomic E-state index is -1.39. The van der Waals surface area contributed by atoms with E-state index in [9.17, 15) is 0 Å². The smallest absolute Gasteiger partial charge is 0.424 e. The Kier molecular flexibility index (Phi) is 2.46. The Morgan fingerprint density at radius 1 is 1.64 bits per heavy atom. The summed E-state index contributed by atoms with van der Waals surface area (Å²) in [7, 11) is 0.405. The van der Waals surface area contributed by atoms with E-state index in [1.807, 2.05) is 0 Å². The SMILES string of the molecule is Cn1cc(/C=C/B(O)O)cn1. The minimum Gasteiger partial charge on any atom is -0.424 e. The van der Waals surface area contributed by atoms with Crippen LogP contribution in [0.25, 0.3) is 6.08 Å². The van der Waals surface area contributed by atoms with Gasteiger partial charge in [-0.2, -0.15) is 5.10 Å². The molecule has 1 aromatic rings. The van der Waals surface area contributed by atoms with Crippen LogP contribution < -0.4 is 0 Å². The first kappa shape index (κ1) is 8.04. The summed E-state index contributed by atoms with van der Waals surface area (Å²) in [4.78, 5) is 0. The zero-order valence-electron chi connectivity index (χ0n) is 6.18. The molecule has 0 amide bonds. The van der Waals surface area contributed by atoms with Gasteiger partial charge in [0.2, 0.25) is 0 Å². The molecule has 0 aliphatic rings. The Labute approximate surface area is 64.9 Å². The fraction of sp³-hybridized carbons (Fsp3) is 0.167. The molecule has 1 heterocycles. The lowest BCUT2D eigenvalue weighted by Gasteiger charge is -1.84. The minimum absolute atomic E-state index is 0.848. The molecule has 11 heavy (non-hydrogen) atoms. The average molecular weight is 152 g/mol. The molecule has 58 valence electrons. The van der Waals surface area contributed by atoms with Crippen molar-refractivity contribution >= 4 is 13.2 Å². The maximum Gasteiger partial charge on any atom is 0.480 e. The van der Waals surface area contributed by atoms with Crippen LogP contribution in [0.15, 0.2) is 18.4 Å². The van der Waals surface area contributed by atoms with E-state index >= 15 is 0 Å². The quantitative estimate of drug-likeness (QED) is 0.558. The lowest BCUT2D eigenvalue weighted by molar-refractivity contribution is 0.424. The van der Waals surface area contributed by atoms with E-state index in [-0.39, 0.29) is 0 Å².